The molecule has 0 saturated heterocycles. The molecule has 0 radical (unpaired) electrons. The maximum Gasteiger partial charge on any atom is 0.269 e. The van der Waals surface area contributed by atoms with E-state index in [2.05, 4.69) is 21.0 Å². The molecule has 0 spiro atoms. The van der Waals surface area contributed by atoms with Gasteiger partial charge in [0.1, 0.15) is 0 Å². The number of carbonyl (C=O) groups is 2. The van der Waals surface area contributed by atoms with Crippen LogP contribution in [0.15, 0.2) is 34.7 Å². The van der Waals surface area contributed by atoms with Crippen LogP contribution in [0, 0.1) is 0 Å². The Morgan fingerprint density at radius 2 is 1.95 bits per heavy atom. The van der Waals surface area contributed by atoms with Crippen molar-refractivity contribution in [2.75, 3.05) is 5.73 Å². The van der Waals surface area contributed by atoms with E-state index in [1.54, 1.807) is 31.2 Å². The molecular formula is C12H13N5O2S2. The minimum Gasteiger partial charge on any atom is -0.374 e. The zero-order chi connectivity index (χ0) is 15.2. The van der Waals surface area contributed by atoms with E-state index in [-0.39, 0.29) is 11.8 Å². The van der Waals surface area contributed by atoms with E-state index < -0.39 is 5.25 Å². The van der Waals surface area contributed by atoms with Crippen LogP contribution in [-0.4, -0.2) is 27.3 Å². The van der Waals surface area contributed by atoms with Gasteiger partial charge in [0.05, 0.1) is 5.25 Å². The molecule has 1 atom stereocenters. The predicted molar refractivity (Wildman–Crippen MR) is 81.7 cm³/mol. The molecule has 0 bridgehead atoms. The van der Waals surface area contributed by atoms with E-state index >= 15 is 0 Å². The minimum atomic E-state index is -0.437. The third-order valence-corrected chi connectivity index (χ3v) is 4.34. The first-order chi connectivity index (χ1) is 10.1. The Kier molecular flexibility index (Phi) is 5.12. The first-order valence-electron chi connectivity index (χ1n) is 5.97. The number of anilines is 1. The number of carbonyl (C=O) groups excluding carboxylic acids is 2. The molecule has 2 aromatic rings. The first-order valence-corrected chi connectivity index (χ1v) is 7.67. The first kappa shape index (κ1) is 15.3. The summed E-state index contributed by atoms with van der Waals surface area (Å²) >= 11 is 2.43. The highest BCUT2D eigenvalue weighted by atomic mass is 32.2. The van der Waals surface area contributed by atoms with E-state index in [0.717, 1.165) is 0 Å². The number of hydrogen-bond donors (Lipinski definition) is 3. The van der Waals surface area contributed by atoms with Gasteiger partial charge in [-0.25, -0.2) is 0 Å². The summed E-state index contributed by atoms with van der Waals surface area (Å²) in [4.78, 5) is 23.6. The standard InChI is InChI=1S/C12H13N5O2S2/c1-7(20-12-17-16-11(13)21-12)9(18)14-15-10(19)8-5-3-2-4-6-8/h2-7H,1H3,(H2,13,16)(H,14,18)(H,15,19)/t7-/m1/s1. The van der Waals surface area contributed by atoms with Crippen molar-refractivity contribution in [2.24, 2.45) is 0 Å². The molecule has 1 aromatic carbocycles. The fourth-order valence-corrected chi connectivity index (χ4v) is 3.13. The molecule has 9 heteroatoms. The Morgan fingerprint density at radius 1 is 1.24 bits per heavy atom. The van der Waals surface area contributed by atoms with Gasteiger partial charge in [0.15, 0.2) is 4.34 Å². The molecule has 1 aromatic heterocycles. The topological polar surface area (TPSA) is 110 Å². The Hall–Kier alpha value is -2.13. The molecule has 0 saturated carbocycles. The van der Waals surface area contributed by atoms with Gasteiger partial charge in [0, 0.05) is 5.56 Å². The monoisotopic (exact) mass is 323 g/mol. The van der Waals surface area contributed by atoms with Gasteiger partial charge in [-0.15, -0.1) is 10.2 Å². The molecule has 0 unspecified atom stereocenters. The van der Waals surface area contributed by atoms with Gasteiger partial charge >= 0.3 is 0 Å². The molecule has 0 aliphatic heterocycles. The van der Waals surface area contributed by atoms with Gasteiger partial charge in [0.2, 0.25) is 5.13 Å². The Balaban J connectivity index is 1.82. The molecule has 2 amide bonds. The van der Waals surface area contributed by atoms with E-state index in [4.69, 9.17) is 5.73 Å². The lowest BCUT2D eigenvalue weighted by Crippen LogP contribution is -2.44. The summed E-state index contributed by atoms with van der Waals surface area (Å²) in [5, 5.41) is 7.40. The van der Waals surface area contributed by atoms with E-state index in [1.807, 2.05) is 6.07 Å². The zero-order valence-corrected chi connectivity index (χ0v) is 12.7. The van der Waals surface area contributed by atoms with Crippen molar-refractivity contribution in [3.05, 3.63) is 35.9 Å². The summed E-state index contributed by atoms with van der Waals surface area (Å²) in [5.74, 6) is -0.709. The van der Waals surface area contributed by atoms with Crippen molar-refractivity contribution in [3.8, 4) is 0 Å². The number of nitrogens with two attached hydrogens (primary N) is 1. The molecule has 110 valence electrons. The van der Waals surface area contributed by atoms with Gasteiger partial charge in [-0.05, 0) is 19.1 Å². The average molecular weight is 323 g/mol. The fraction of sp³-hybridized carbons (Fsp3) is 0.167. The van der Waals surface area contributed by atoms with Crippen LogP contribution in [0.1, 0.15) is 17.3 Å². The second kappa shape index (κ2) is 7.04. The largest absolute Gasteiger partial charge is 0.374 e. The SMILES string of the molecule is C[C@@H](Sc1nnc(N)s1)C(=O)NNC(=O)c1ccccc1. The fourth-order valence-electron chi connectivity index (χ4n) is 1.35. The highest BCUT2D eigenvalue weighted by Crippen LogP contribution is 2.27. The minimum absolute atomic E-state index is 0.335. The Bertz CT molecular complexity index is 632. The van der Waals surface area contributed by atoms with Crippen molar-refractivity contribution >= 4 is 40.0 Å². The number of nitrogen functional groups attached to an aromatic ring is 1. The lowest BCUT2D eigenvalue weighted by molar-refractivity contribution is -0.121. The second-order valence-electron chi connectivity index (χ2n) is 3.98. The maximum absolute atomic E-state index is 11.9. The van der Waals surface area contributed by atoms with Gasteiger partial charge in [-0.1, -0.05) is 41.3 Å². The number of amides is 2. The molecule has 21 heavy (non-hydrogen) atoms. The number of nitrogens with zero attached hydrogens (tertiary/aromatic N) is 2. The van der Waals surface area contributed by atoms with Gasteiger partial charge in [-0.3, -0.25) is 20.4 Å². The quantitative estimate of drug-likeness (QED) is 0.573. The number of benzene rings is 1. The van der Waals surface area contributed by atoms with Crippen LogP contribution in [0.25, 0.3) is 0 Å². The van der Waals surface area contributed by atoms with Crippen LogP contribution in [0.5, 0.6) is 0 Å². The van der Waals surface area contributed by atoms with Crippen molar-refractivity contribution in [1.82, 2.24) is 21.0 Å². The van der Waals surface area contributed by atoms with Gasteiger partial charge < -0.3 is 5.73 Å². The molecule has 0 fully saturated rings. The summed E-state index contributed by atoms with van der Waals surface area (Å²) < 4.78 is 0.601. The van der Waals surface area contributed by atoms with Crippen LogP contribution in [0.3, 0.4) is 0 Å². The molecule has 4 N–H and O–H groups in total. The van der Waals surface area contributed by atoms with E-state index in [1.165, 1.54) is 23.1 Å². The average Bonchev–Trinajstić information content (AvgIpc) is 2.90. The van der Waals surface area contributed by atoms with Crippen molar-refractivity contribution in [3.63, 3.8) is 0 Å². The Labute approximate surface area is 129 Å². The summed E-state index contributed by atoms with van der Waals surface area (Å²) in [6, 6.07) is 8.61. The molecular weight excluding hydrogens is 310 g/mol. The molecule has 0 aliphatic carbocycles. The highest BCUT2D eigenvalue weighted by molar-refractivity contribution is 8.02. The second-order valence-corrected chi connectivity index (χ2v) is 6.57. The van der Waals surface area contributed by atoms with Gasteiger partial charge in [-0.2, -0.15) is 0 Å². The number of aromatic nitrogens is 2. The molecule has 2 rings (SSSR count). The van der Waals surface area contributed by atoms with Crippen molar-refractivity contribution in [2.45, 2.75) is 16.5 Å². The number of nitrogens with one attached hydrogen (secondary N) is 2. The van der Waals surface area contributed by atoms with E-state index in [0.29, 0.717) is 15.0 Å². The number of thioether (sulfide) groups is 1. The van der Waals surface area contributed by atoms with Crippen molar-refractivity contribution < 1.29 is 9.59 Å². The van der Waals surface area contributed by atoms with Crippen LogP contribution >= 0.6 is 23.1 Å². The van der Waals surface area contributed by atoms with Crippen molar-refractivity contribution in [1.29, 1.82) is 0 Å². The number of rotatable bonds is 4. The normalized spacial score (nSPS) is 11.7. The lowest BCUT2D eigenvalue weighted by atomic mass is 10.2. The van der Waals surface area contributed by atoms with Gasteiger partial charge in [0.25, 0.3) is 11.8 Å². The van der Waals surface area contributed by atoms with Crippen LogP contribution in [0.4, 0.5) is 5.13 Å². The highest BCUT2D eigenvalue weighted by Gasteiger charge is 2.17. The van der Waals surface area contributed by atoms with Crippen LogP contribution < -0.4 is 16.6 Å². The third kappa shape index (κ3) is 4.43. The Morgan fingerprint density at radius 3 is 2.57 bits per heavy atom. The van der Waals surface area contributed by atoms with Crippen LogP contribution in [0.2, 0.25) is 0 Å². The molecule has 0 aliphatic rings. The lowest BCUT2D eigenvalue weighted by Gasteiger charge is -2.11. The van der Waals surface area contributed by atoms with E-state index in [9.17, 15) is 9.59 Å². The number of hydrazine groups is 1. The third-order valence-electron chi connectivity index (χ3n) is 2.40. The molecule has 1 heterocycles. The summed E-state index contributed by atoms with van der Waals surface area (Å²) in [6.45, 7) is 1.70. The van der Waals surface area contributed by atoms with Crippen LogP contribution in [-0.2, 0) is 4.79 Å². The molecule has 7 nitrogen and oxygen atoms in total. The zero-order valence-electron chi connectivity index (χ0n) is 11.1. The number of hydrogen-bond acceptors (Lipinski definition) is 7. The summed E-state index contributed by atoms with van der Waals surface area (Å²) in [5.41, 5.74) is 10.7. The summed E-state index contributed by atoms with van der Waals surface area (Å²) in [7, 11) is 0. The predicted octanol–water partition coefficient (Wildman–Crippen LogP) is 1.06. The maximum atomic E-state index is 11.9. The summed E-state index contributed by atoms with van der Waals surface area (Å²) in [6.07, 6.45) is 0. The smallest absolute Gasteiger partial charge is 0.269 e.